The van der Waals surface area contributed by atoms with Gasteiger partial charge >= 0.3 is 0 Å². The summed E-state index contributed by atoms with van der Waals surface area (Å²) in [7, 11) is -2.56. The summed E-state index contributed by atoms with van der Waals surface area (Å²) in [4.78, 5) is 28.9. The van der Waals surface area contributed by atoms with Crippen LogP contribution in [0.3, 0.4) is 0 Å². The Morgan fingerprint density at radius 3 is 2.25 bits per heavy atom. The Kier molecular flexibility index (Phi) is 10.3. The Hall–Kier alpha value is -3.92. The number of benzene rings is 3. The minimum absolute atomic E-state index is 0.145. The second-order valence-corrected chi connectivity index (χ2v) is 11.8. The number of carbonyl (C=O) groups excluding carboxylic acids is 2. The van der Waals surface area contributed by atoms with E-state index in [1.807, 2.05) is 30.3 Å². The van der Waals surface area contributed by atoms with E-state index in [4.69, 9.17) is 4.74 Å². The molecule has 214 valence electrons. The molecular weight excluding hydrogens is 533 g/mol. The fourth-order valence-corrected chi connectivity index (χ4v) is 5.18. The number of aryl methyl sites for hydroxylation is 1. The lowest BCUT2D eigenvalue weighted by atomic mass is 10.0. The monoisotopic (exact) mass is 569 g/mol. The van der Waals surface area contributed by atoms with Crippen molar-refractivity contribution in [2.24, 2.45) is 0 Å². The lowest BCUT2D eigenvalue weighted by Crippen LogP contribution is -2.54. The van der Waals surface area contributed by atoms with E-state index >= 15 is 0 Å². The molecule has 0 aliphatic carbocycles. The number of anilines is 1. The maximum absolute atomic E-state index is 14.8. The first kappa shape index (κ1) is 30.6. The van der Waals surface area contributed by atoms with Crippen LogP contribution in [0.25, 0.3) is 0 Å². The van der Waals surface area contributed by atoms with E-state index in [0.29, 0.717) is 0 Å². The van der Waals surface area contributed by atoms with Gasteiger partial charge < -0.3 is 15.0 Å². The van der Waals surface area contributed by atoms with Gasteiger partial charge in [0.05, 0.1) is 19.1 Å². The van der Waals surface area contributed by atoms with Gasteiger partial charge in [0.25, 0.3) is 0 Å². The van der Waals surface area contributed by atoms with E-state index in [1.54, 1.807) is 45.0 Å². The predicted octanol–water partition coefficient (Wildman–Crippen LogP) is 4.07. The molecular formula is C30H36FN3O5S. The normalized spacial score (nSPS) is 12.1. The van der Waals surface area contributed by atoms with Gasteiger partial charge in [0, 0.05) is 24.6 Å². The van der Waals surface area contributed by atoms with Crippen molar-refractivity contribution >= 4 is 27.5 Å². The highest BCUT2D eigenvalue weighted by atomic mass is 32.2. The second-order valence-electron chi connectivity index (χ2n) is 9.93. The van der Waals surface area contributed by atoms with Crippen molar-refractivity contribution < 1.29 is 27.1 Å². The zero-order chi connectivity index (χ0) is 29.4. The summed E-state index contributed by atoms with van der Waals surface area (Å²) in [6, 6.07) is 18.9. The van der Waals surface area contributed by atoms with Crippen LogP contribution in [-0.2, 0) is 32.6 Å². The van der Waals surface area contributed by atoms with Crippen molar-refractivity contribution in [2.45, 2.75) is 45.8 Å². The van der Waals surface area contributed by atoms with E-state index in [2.05, 4.69) is 5.32 Å². The average molecular weight is 570 g/mol. The Labute approximate surface area is 235 Å². The fourth-order valence-electron chi connectivity index (χ4n) is 4.33. The molecule has 1 atom stereocenters. The van der Waals surface area contributed by atoms with Crippen molar-refractivity contribution in [3.05, 3.63) is 95.3 Å². The van der Waals surface area contributed by atoms with Crippen LogP contribution in [0.2, 0.25) is 0 Å². The van der Waals surface area contributed by atoms with E-state index in [0.717, 1.165) is 21.7 Å². The molecule has 3 aromatic rings. The number of carbonyl (C=O) groups is 2. The van der Waals surface area contributed by atoms with Gasteiger partial charge in [0.2, 0.25) is 21.8 Å². The number of nitrogens with zero attached hydrogens (tertiary/aromatic N) is 2. The van der Waals surface area contributed by atoms with Gasteiger partial charge in [0.15, 0.2) is 0 Å². The molecule has 0 aliphatic heterocycles. The van der Waals surface area contributed by atoms with Gasteiger partial charge in [-0.25, -0.2) is 12.8 Å². The van der Waals surface area contributed by atoms with Crippen molar-refractivity contribution in [3.63, 3.8) is 0 Å². The zero-order valence-electron chi connectivity index (χ0n) is 23.4. The summed E-state index contributed by atoms with van der Waals surface area (Å²) >= 11 is 0. The van der Waals surface area contributed by atoms with Gasteiger partial charge in [-0.3, -0.25) is 13.9 Å². The summed E-state index contributed by atoms with van der Waals surface area (Å²) in [5, 5.41) is 2.86. The Morgan fingerprint density at radius 1 is 1.00 bits per heavy atom. The summed E-state index contributed by atoms with van der Waals surface area (Å²) in [5.41, 5.74) is 1.94. The highest BCUT2D eigenvalue weighted by molar-refractivity contribution is 7.92. The summed E-state index contributed by atoms with van der Waals surface area (Å²) in [6.07, 6.45) is 1.14. The topological polar surface area (TPSA) is 96.0 Å². The predicted molar refractivity (Wildman–Crippen MR) is 154 cm³/mol. The molecule has 0 saturated heterocycles. The summed E-state index contributed by atoms with van der Waals surface area (Å²) in [5.74, 6) is -1.37. The molecule has 0 bridgehead atoms. The average Bonchev–Trinajstić information content (AvgIpc) is 2.89. The fraction of sp³-hybridized carbons (Fsp3) is 0.333. The van der Waals surface area contributed by atoms with Crippen LogP contribution in [0.4, 0.5) is 10.1 Å². The second kappa shape index (κ2) is 13.4. The van der Waals surface area contributed by atoms with Crippen molar-refractivity contribution in [3.8, 4) is 5.75 Å². The molecule has 3 rings (SSSR count). The van der Waals surface area contributed by atoms with Gasteiger partial charge in [-0.1, -0.05) is 54.6 Å². The van der Waals surface area contributed by atoms with Gasteiger partial charge in [-0.05, 0) is 50.1 Å². The quantitative estimate of drug-likeness (QED) is 0.355. The van der Waals surface area contributed by atoms with Crippen LogP contribution in [0, 0.1) is 12.7 Å². The van der Waals surface area contributed by atoms with Crippen LogP contribution < -0.4 is 14.4 Å². The first-order valence-corrected chi connectivity index (χ1v) is 14.7. The third kappa shape index (κ3) is 8.05. The number of ether oxygens (including phenoxy) is 1. The zero-order valence-corrected chi connectivity index (χ0v) is 24.2. The lowest BCUT2D eigenvalue weighted by molar-refractivity contribution is -0.140. The van der Waals surface area contributed by atoms with Crippen LogP contribution in [0.1, 0.15) is 30.5 Å². The molecule has 3 aromatic carbocycles. The minimum atomic E-state index is -3.97. The smallest absolute Gasteiger partial charge is 0.244 e. The molecule has 10 heteroatoms. The van der Waals surface area contributed by atoms with Crippen LogP contribution in [0.5, 0.6) is 5.75 Å². The third-order valence-electron chi connectivity index (χ3n) is 6.28. The Morgan fingerprint density at radius 2 is 1.65 bits per heavy atom. The maximum atomic E-state index is 14.8. The number of halogens is 1. The van der Waals surface area contributed by atoms with Crippen molar-refractivity contribution in [2.75, 3.05) is 24.2 Å². The van der Waals surface area contributed by atoms with Crippen LogP contribution >= 0.6 is 0 Å². The standard InChI is InChI=1S/C30H36FN3O5S/c1-21(2)32-30(36)27(18-23-11-7-6-8-12-23)33(19-24-13-9-10-14-25(24)31)29(35)20-34(40(5,37)38)26-17-22(3)15-16-28(26)39-4/h6-17,21,27H,18-20H2,1-5H3,(H,32,36)/t27-/m1/s1. The molecule has 2 amide bonds. The van der Waals surface area contributed by atoms with E-state index in [-0.39, 0.29) is 36.0 Å². The van der Waals surface area contributed by atoms with Gasteiger partial charge in [0.1, 0.15) is 24.2 Å². The first-order valence-electron chi connectivity index (χ1n) is 12.9. The summed E-state index contributed by atoms with van der Waals surface area (Å²) < 4.78 is 47.1. The van der Waals surface area contributed by atoms with E-state index in [1.165, 1.54) is 30.2 Å². The molecule has 0 radical (unpaired) electrons. The number of nitrogens with one attached hydrogen (secondary N) is 1. The largest absolute Gasteiger partial charge is 0.495 e. The molecule has 0 spiro atoms. The van der Waals surface area contributed by atoms with Crippen LogP contribution in [0.15, 0.2) is 72.8 Å². The molecule has 0 unspecified atom stereocenters. The molecule has 40 heavy (non-hydrogen) atoms. The number of amides is 2. The Balaban J connectivity index is 2.11. The number of sulfonamides is 1. The lowest BCUT2D eigenvalue weighted by Gasteiger charge is -2.34. The number of methoxy groups -OCH3 is 1. The van der Waals surface area contributed by atoms with Crippen LogP contribution in [-0.4, -0.2) is 57.1 Å². The van der Waals surface area contributed by atoms with Gasteiger partial charge in [-0.2, -0.15) is 0 Å². The first-order chi connectivity index (χ1) is 18.9. The number of rotatable bonds is 12. The van der Waals surface area contributed by atoms with E-state index in [9.17, 15) is 22.4 Å². The SMILES string of the molecule is COc1ccc(C)cc1N(CC(=O)N(Cc1ccccc1F)[C@H](Cc1ccccc1)C(=O)NC(C)C)S(C)(=O)=O. The number of hydrogen-bond acceptors (Lipinski definition) is 5. The molecule has 1 N–H and O–H groups in total. The van der Waals surface area contributed by atoms with Gasteiger partial charge in [-0.15, -0.1) is 0 Å². The molecule has 0 fully saturated rings. The van der Waals surface area contributed by atoms with E-state index < -0.39 is 40.2 Å². The Bertz CT molecular complexity index is 1430. The highest BCUT2D eigenvalue weighted by Gasteiger charge is 2.34. The molecule has 0 aromatic heterocycles. The molecule has 8 nitrogen and oxygen atoms in total. The minimum Gasteiger partial charge on any atom is -0.495 e. The maximum Gasteiger partial charge on any atom is 0.244 e. The van der Waals surface area contributed by atoms with Crippen molar-refractivity contribution in [1.29, 1.82) is 0 Å². The third-order valence-corrected chi connectivity index (χ3v) is 7.41. The summed E-state index contributed by atoms with van der Waals surface area (Å²) in [6.45, 7) is 4.54. The molecule has 0 saturated carbocycles. The highest BCUT2D eigenvalue weighted by Crippen LogP contribution is 2.31. The molecule has 0 heterocycles. The number of hydrogen-bond donors (Lipinski definition) is 1. The van der Waals surface area contributed by atoms with Crippen molar-refractivity contribution in [1.82, 2.24) is 10.2 Å². The molecule has 0 aliphatic rings.